The molecule has 0 radical (unpaired) electrons. The molecule has 110 valence electrons. The van der Waals surface area contributed by atoms with Gasteiger partial charge in [0.1, 0.15) is 5.69 Å². The minimum absolute atomic E-state index is 0.633. The van der Waals surface area contributed by atoms with Crippen LogP contribution in [0.3, 0.4) is 0 Å². The predicted molar refractivity (Wildman–Crippen MR) is 68.6 cm³/mol. The van der Waals surface area contributed by atoms with Crippen LogP contribution in [-0.4, -0.2) is 6.21 Å². The maximum atomic E-state index is 13.4. The molecule has 21 heavy (non-hydrogen) atoms. The molecule has 0 aromatic heterocycles. The number of nitrogens with zero attached hydrogens (tertiary/aromatic N) is 1. The monoisotopic (exact) mass is 300 g/mol. The summed E-state index contributed by atoms with van der Waals surface area (Å²) in [7, 11) is 0. The third kappa shape index (κ3) is 2.86. The van der Waals surface area contributed by atoms with Crippen LogP contribution in [0.5, 0.6) is 0 Å². The molecule has 0 amide bonds. The van der Waals surface area contributed by atoms with E-state index in [1.54, 1.807) is 31.2 Å². The summed E-state index contributed by atoms with van der Waals surface area (Å²) < 4.78 is 65.5. The number of rotatable bonds is 3. The molecule has 2 nitrogen and oxygen atoms in total. The summed E-state index contributed by atoms with van der Waals surface area (Å²) in [6, 6.07) is 6.95. The highest BCUT2D eigenvalue weighted by Crippen LogP contribution is 2.26. The van der Waals surface area contributed by atoms with Crippen LogP contribution in [0.15, 0.2) is 29.4 Å². The number of hydrazone groups is 1. The summed E-state index contributed by atoms with van der Waals surface area (Å²) >= 11 is 0. The molecule has 0 saturated carbocycles. The van der Waals surface area contributed by atoms with Gasteiger partial charge >= 0.3 is 0 Å². The molecule has 0 aliphatic rings. The van der Waals surface area contributed by atoms with Gasteiger partial charge in [0.25, 0.3) is 0 Å². The van der Waals surface area contributed by atoms with E-state index in [0.29, 0.717) is 5.56 Å². The third-order valence-electron chi connectivity index (χ3n) is 2.78. The molecule has 0 aliphatic heterocycles. The molecular formula is C14H9F5N2. The molecule has 7 heteroatoms. The van der Waals surface area contributed by atoms with Gasteiger partial charge in [0.05, 0.1) is 6.21 Å². The molecule has 0 fully saturated rings. The molecule has 0 heterocycles. The lowest BCUT2D eigenvalue weighted by atomic mass is 10.1. The lowest BCUT2D eigenvalue weighted by Gasteiger charge is -2.07. The summed E-state index contributed by atoms with van der Waals surface area (Å²) in [5.74, 6) is -10.2. The molecule has 0 unspecified atom stereocenters. The third-order valence-corrected chi connectivity index (χ3v) is 2.78. The van der Waals surface area contributed by atoms with Crippen molar-refractivity contribution in [2.75, 3.05) is 5.43 Å². The van der Waals surface area contributed by atoms with Crippen LogP contribution >= 0.6 is 0 Å². The zero-order valence-corrected chi connectivity index (χ0v) is 10.7. The van der Waals surface area contributed by atoms with Crippen molar-refractivity contribution >= 4 is 11.9 Å². The fourth-order valence-corrected chi connectivity index (χ4v) is 1.60. The van der Waals surface area contributed by atoms with E-state index in [1.165, 1.54) is 6.21 Å². The van der Waals surface area contributed by atoms with E-state index < -0.39 is 34.8 Å². The van der Waals surface area contributed by atoms with Gasteiger partial charge in [0.15, 0.2) is 23.3 Å². The van der Waals surface area contributed by atoms with Crippen molar-refractivity contribution in [2.45, 2.75) is 6.92 Å². The number of nitrogens with one attached hydrogen (secondary N) is 1. The summed E-state index contributed by atoms with van der Waals surface area (Å²) in [5, 5.41) is 3.50. The van der Waals surface area contributed by atoms with Crippen LogP contribution in [0.1, 0.15) is 11.1 Å². The Labute approximate surface area is 116 Å². The average molecular weight is 300 g/mol. The highest BCUT2D eigenvalue weighted by molar-refractivity contribution is 5.82. The van der Waals surface area contributed by atoms with Crippen LogP contribution in [-0.2, 0) is 0 Å². The molecule has 2 aromatic carbocycles. The van der Waals surface area contributed by atoms with Crippen molar-refractivity contribution in [3.63, 3.8) is 0 Å². The Hall–Kier alpha value is -2.44. The average Bonchev–Trinajstić information content (AvgIpc) is 2.48. The van der Waals surface area contributed by atoms with Gasteiger partial charge in [0.2, 0.25) is 5.82 Å². The zero-order valence-electron chi connectivity index (χ0n) is 10.7. The van der Waals surface area contributed by atoms with Crippen LogP contribution in [0.2, 0.25) is 0 Å². The quantitative estimate of drug-likeness (QED) is 0.298. The van der Waals surface area contributed by atoms with E-state index in [4.69, 9.17) is 0 Å². The van der Waals surface area contributed by atoms with E-state index in [0.717, 1.165) is 5.56 Å². The standard InChI is InChI=1S/C14H9F5N2/c1-7-4-2-3-5-8(7)6-20-21-14-12(18)10(16)9(15)11(17)13(14)19/h2-6,21H,1H3/b20-6-. The smallest absolute Gasteiger partial charge is 0.200 e. The van der Waals surface area contributed by atoms with Gasteiger partial charge in [0, 0.05) is 0 Å². The van der Waals surface area contributed by atoms with Gasteiger partial charge in [-0.3, -0.25) is 5.43 Å². The number of anilines is 1. The Bertz CT molecular complexity index is 684. The van der Waals surface area contributed by atoms with Gasteiger partial charge in [-0.1, -0.05) is 24.3 Å². The summed E-state index contributed by atoms with van der Waals surface area (Å²) in [6.45, 7) is 1.78. The molecule has 0 saturated heterocycles. The summed E-state index contributed by atoms with van der Waals surface area (Å²) in [6.07, 6.45) is 1.22. The fraction of sp³-hybridized carbons (Fsp3) is 0.0714. The lowest BCUT2D eigenvalue weighted by Crippen LogP contribution is -2.06. The Morgan fingerprint density at radius 3 is 1.95 bits per heavy atom. The van der Waals surface area contributed by atoms with Crippen LogP contribution in [0.25, 0.3) is 0 Å². The fourth-order valence-electron chi connectivity index (χ4n) is 1.60. The first-order chi connectivity index (χ1) is 9.93. The molecule has 2 rings (SSSR count). The van der Waals surface area contributed by atoms with Gasteiger partial charge in [-0.15, -0.1) is 0 Å². The minimum atomic E-state index is -2.21. The molecule has 0 spiro atoms. The SMILES string of the molecule is Cc1ccccc1/C=N\Nc1c(F)c(F)c(F)c(F)c1F. The van der Waals surface area contributed by atoms with Crippen molar-refractivity contribution in [2.24, 2.45) is 5.10 Å². The molecule has 1 N–H and O–H groups in total. The van der Waals surface area contributed by atoms with E-state index in [9.17, 15) is 22.0 Å². The maximum absolute atomic E-state index is 13.4. The van der Waals surface area contributed by atoms with Crippen LogP contribution < -0.4 is 5.43 Å². The van der Waals surface area contributed by atoms with Crippen LogP contribution in [0, 0.1) is 36.0 Å². The number of aryl methyl sites for hydroxylation is 1. The largest absolute Gasteiger partial charge is 0.272 e. The molecule has 0 aliphatic carbocycles. The van der Waals surface area contributed by atoms with Crippen molar-refractivity contribution in [1.82, 2.24) is 0 Å². The highest BCUT2D eigenvalue weighted by Gasteiger charge is 2.25. The van der Waals surface area contributed by atoms with Gasteiger partial charge in [-0.2, -0.15) is 5.10 Å². The van der Waals surface area contributed by atoms with Gasteiger partial charge < -0.3 is 0 Å². The van der Waals surface area contributed by atoms with Crippen LogP contribution in [0.4, 0.5) is 27.6 Å². The Morgan fingerprint density at radius 2 is 1.38 bits per heavy atom. The van der Waals surface area contributed by atoms with Crippen molar-refractivity contribution < 1.29 is 22.0 Å². The maximum Gasteiger partial charge on any atom is 0.200 e. The second-order valence-corrected chi connectivity index (χ2v) is 4.17. The Morgan fingerprint density at radius 1 is 0.857 bits per heavy atom. The van der Waals surface area contributed by atoms with Crippen molar-refractivity contribution in [1.29, 1.82) is 0 Å². The van der Waals surface area contributed by atoms with Crippen molar-refractivity contribution in [3.05, 3.63) is 64.5 Å². The predicted octanol–water partition coefficient (Wildman–Crippen LogP) is 4.14. The number of hydrogen-bond acceptors (Lipinski definition) is 2. The highest BCUT2D eigenvalue weighted by atomic mass is 19.2. The molecular weight excluding hydrogens is 291 g/mol. The second kappa shape index (κ2) is 5.90. The summed E-state index contributed by atoms with van der Waals surface area (Å²) in [4.78, 5) is 0. The van der Waals surface area contributed by atoms with E-state index in [2.05, 4.69) is 5.10 Å². The lowest BCUT2D eigenvalue weighted by molar-refractivity contribution is 0.381. The zero-order chi connectivity index (χ0) is 15.6. The van der Waals surface area contributed by atoms with Gasteiger partial charge in [-0.05, 0) is 18.1 Å². The Kier molecular flexibility index (Phi) is 4.21. The molecule has 2 aromatic rings. The van der Waals surface area contributed by atoms with Crippen molar-refractivity contribution in [3.8, 4) is 0 Å². The summed E-state index contributed by atoms with van der Waals surface area (Å²) in [5.41, 5.74) is 2.11. The number of halogens is 5. The first-order valence-corrected chi connectivity index (χ1v) is 5.79. The van der Waals surface area contributed by atoms with Gasteiger partial charge in [-0.25, -0.2) is 22.0 Å². The number of hydrogen-bond donors (Lipinski definition) is 1. The normalized spacial score (nSPS) is 11.1. The Balaban J connectivity index is 2.31. The molecule has 0 bridgehead atoms. The van der Waals surface area contributed by atoms with E-state index in [1.807, 2.05) is 5.43 Å². The first kappa shape index (κ1) is 15.0. The minimum Gasteiger partial charge on any atom is -0.272 e. The number of benzene rings is 2. The van der Waals surface area contributed by atoms with E-state index >= 15 is 0 Å². The topological polar surface area (TPSA) is 24.4 Å². The van der Waals surface area contributed by atoms with E-state index in [-0.39, 0.29) is 0 Å². The second-order valence-electron chi connectivity index (χ2n) is 4.17. The first-order valence-electron chi connectivity index (χ1n) is 5.79. The molecule has 0 atom stereocenters.